The highest BCUT2D eigenvalue weighted by Crippen LogP contribution is 2.15. The molecule has 26 heavy (non-hydrogen) atoms. The molecule has 0 fully saturated rings. The Morgan fingerprint density at radius 2 is 1.96 bits per heavy atom. The van der Waals surface area contributed by atoms with Crippen molar-refractivity contribution in [2.75, 3.05) is 6.54 Å². The summed E-state index contributed by atoms with van der Waals surface area (Å²) in [5.41, 5.74) is 4.27. The summed E-state index contributed by atoms with van der Waals surface area (Å²) in [5, 5.41) is 11.3. The monoisotopic (exact) mass is 391 g/mol. The Morgan fingerprint density at radius 1 is 1.35 bits per heavy atom. The zero-order valence-electron chi connectivity index (χ0n) is 14.8. The number of carbonyl (C=O) groups is 2. The summed E-state index contributed by atoms with van der Waals surface area (Å²) >= 11 is 0. The molecule has 1 aromatic carbocycles. The van der Waals surface area contributed by atoms with E-state index in [2.05, 4.69) is 15.8 Å². The number of aryl methyl sites for hydroxylation is 1. The van der Waals surface area contributed by atoms with Crippen LogP contribution in [0.4, 0.5) is 4.39 Å². The molecule has 1 atom stereocenters. The second-order valence-electron chi connectivity index (χ2n) is 6.49. The Hall–Kier alpha value is -2.08. The Morgan fingerprint density at radius 3 is 2.46 bits per heavy atom. The number of benzene rings is 1. The van der Waals surface area contributed by atoms with Gasteiger partial charge in [0, 0.05) is 6.54 Å². The topological polar surface area (TPSA) is 152 Å². The number of hydrogen-bond donors (Lipinski definition) is 5. The minimum absolute atomic E-state index is 0.0269. The second-order valence-corrected chi connectivity index (χ2v) is 8.20. The van der Waals surface area contributed by atoms with Crippen molar-refractivity contribution in [1.29, 1.82) is 0 Å². The number of halogens is 1. The van der Waals surface area contributed by atoms with Crippen molar-refractivity contribution in [1.82, 2.24) is 15.5 Å². The van der Waals surface area contributed by atoms with Crippen molar-refractivity contribution in [2.45, 2.75) is 43.7 Å². The van der Waals surface area contributed by atoms with Gasteiger partial charge in [-0.1, -0.05) is 0 Å². The molecule has 9 nitrogen and oxygen atoms in total. The summed E-state index contributed by atoms with van der Waals surface area (Å²) in [5.74, 6) is -1.93. The minimum Gasteiger partial charge on any atom is -0.351 e. The van der Waals surface area contributed by atoms with E-state index in [9.17, 15) is 22.4 Å². The fourth-order valence-electron chi connectivity index (χ4n) is 1.93. The van der Waals surface area contributed by atoms with Gasteiger partial charge < -0.3 is 11.1 Å². The van der Waals surface area contributed by atoms with Crippen LogP contribution in [0.5, 0.6) is 0 Å². The number of hydrogen-bond acceptors (Lipinski definition) is 5. The second kappa shape index (κ2) is 8.54. The van der Waals surface area contributed by atoms with Crippen molar-refractivity contribution in [3.8, 4) is 0 Å². The molecule has 0 saturated heterocycles. The molecule has 11 heteroatoms. The molecule has 0 aliphatic rings. The van der Waals surface area contributed by atoms with Crippen molar-refractivity contribution in [3.63, 3.8) is 0 Å². The third-order valence-corrected chi connectivity index (χ3v) is 4.97. The SMILES string of the molecule is Cc1cc(S(=O)(=O)N[C@H](CCNC(=O)C(C)(C)[NH3+])C(=O)NO)ccc1F. The predicted octanol–water partition coefficient (Wildman–Crippen LogP) is -1.19. The van der Waals surface area contributed by atoms with Gasteiger partial charge in [0.15, 0.2) is 5.54 Å². The smallest absolute Gasteiger partial charge is 0.280 e. The van der Waals surface area contributed by atoms with Gasteiger partial charge in [0.1, 0.15) is 11.9 Å². The first-order valence-corrected chi connectivity index (χ1v) is 9.23. The maximum absolute atomic E-state index is 13.3. The fraction of sp³-hybridized carbons (Fsp3) is 0.467. The molecule has 1 rings (SSSR count). The highest BCUT2D eigenvalue weighted by molar-refractivity contribution is 7.89. The lowest BCUT2D eigenvalue weighted by Gasteiger charge is -2.19. The number of hydroxylamine groups is 1. The van der Waals surface area contributed by atoms with Crippen molar-refractivity contribution in [2.24, 2.45) is 0 Å². The van der Waals surface area contributed by atoms with Crippen LogP contribution in [-0.2, 0) is 19.6 Å². The van der Waals surface area contributed by atoms with Crippen molar-refractivity contribution < 1.29 is 33.3 Å². The van der Waals surface area contributed by atoms with Crippen molar-refractivity contribution >= 4 is 21.8 Å². The Kier molecular flexibility index (Phi) is 7.21. The van der Waals surface area contributed by atoms with Gasteiger partial charge in [0.2, 0.25) is 10.0 Å². The van der Waals surface area contributed by atoms with Crippen LogP contribution in [0.3, 0.4) is 0 Å². The van der Waals surface area contributed by atoms with E-state index >= 15 is 0 Å². The van der Waals surface area contributed by atoms with E-state index in [1.807, 2.05) is 0 Å². The number of sulfonamides is 1. The lowest BCUT2D eigenvalue weighted by molar-refractivity contribution is -0.446. The van der Waals surface area contributed by atoms with E-state index in [4.69, 9.17) is 5.21 Å². The molecule has 0 aliphatic heterocycles. The van der Waals surface area contributed by atoms with Crippen molar-refractivity contribution in [3.05, 3.63) is 29.6 Å². The molecule has 1 aromatic rings. The van der Waals surface area contributed by atoms with Gasteiger partial charge in [-0.2, -0.15) is 4.72 Å². The van der Waals surface area contributed by atoms with Gasteiger partial charge in [-0.3, -0.25) is 14.8 Å². The largest absolute Gasteiger partial charge is 0.351 e. The van der Waals surface area contributed by atoms with E-state index in [0.29, 0.717) is 0 Å². The third kappa shape index (κ3) is 6.02. The maximum Gasteiger partial charge on any atom is 0.280 e. The Labute approximate surface area is 151 Å². The quantitative estimate of drug-likeness (QED) is 0.279. The summed E-state index contributed by atoms with van der Waals surface area (Å²) in [6, 6.07) is 1.84. The molecule has 2 amide bonds. The highest BCUT2D eigenvalue weighted by Gasteiger charge is 2.28. The molecular formula is C15H24FN4O5S+. The van der Waals surface area contributed by atoms with Gasteiger partial charge in [-0.25, -0.2) is 18.3 Å². The average molecular weight is 391 g/mol. The van der Waals surface area contributed by atoms with Gasteiger partial charge in [-0.15, -0.1) is 0 Å². The lowest BCUT2D eigenvalue weighted by atomic mass is 10.1. The number of rotatable bonds is 8. The summed E-state index contributed by atoms with van der Waals surface area (Å²) in [7, 11) is -4.15. The van der Waals surface area contributed by atoms with Crippen LogP contribution < -0.4 is 21.3 Å². The zero-order chi connectivity index (χ0) is 20.1. The van der Waals surface area contributed by atoms with Gasteiger partial charge in [-0.05, 0) is 51.0 Å². The number of quaternary nitrogens is 1. The summed E-state index contributed by atoms with van der Waals surface area (Å²) in [6.45, 7) is 4.57. The van der Waals surface area contributed by atoms with E-state index in [1.54, 1.807) is 13.8 Å². The van der Waals surface area contributed by atoms with Crippen LogP contribution >= 0.6 is 0 Å². The molecule has 0 radical (unpaired) electrons. The van der Waals surface area contributed by atoms with E-state index in [0.717, 1.165) is 18.2 Å². The first-order chi connectivity index (χ1) is 11.9. The fourth-order valence-corrected chi connectivity index (χ4v) is 3.25. The molecule has 0 heterocycles. The Balaban J connectivity index is 2.88. The Bertz CT molecular complexity index is 777. The maximum atomic E-state index is 13.3. The molecule has 0 aliphatic carbocycles. The van der Waals surface area contributed by atoms with Gasteiger partial charge in [0.25, 0.3) is 11.8 Å². The highest BCUT2D eigenvalue weighted by atomic mass is 32.2. The van der Waals surface area contributed by atoms with Crippen LogP contribution in [0.2, 0.25) is 0 Å². The van der Waals surface area contributed by atoms with Gasteiger partial charge >= 0.3 is 0 Å². The summed E-state index contributed by atoms with van der Waals surface area (Å²) < 4.78 is 40.2. The molecule has 0 spiro atoms. The van der Waals surface area contributed by atoms with Crippen LogP contribution in [0.15, 0.2) is 23.1 Å². The molecule has 146 valence electrons. The van der Waals surface area contributed by atoms with Crippen LogP contribution in [0, 0.1) is 12.7 Å². The standard InChI is InChI=1S/C15H23FN4O5S/c1-9-8-10(4-5-11(9)16)26(24,25)20-12(13(21)19-23)6-7-18-14(22)15(2,3)17/h4-5,8,12,20,23H,6-7,17H2,1-3H3,(H,18,22)(H,19,21)/p+1/t12-/m1/s1. The number of carbonyl (C=O) groups excluding carboxylic acids is 2. The number of amides is 2. The van der Waals surface area contributed by atoms with Crippen LogP contribution in [0.25, 0.3) is 0 Å². The lowest BCUT2D eigenvalue weighted by Crippen LogP contribution is -2.75. The molecule has 0 saturated carbocycles. The van der Waals surface area contributed by atoms with E-state index in [1.165, 1.54) is 12.4 Å². The predicted molar refractivity (Wildman–Crippen MR) is 89.8 cm³/mol. The van der Waals surface area contributed by atoms with E-state index in [-0.39, 0.29) is 29.3 Å². The average Bonchev–Trinajstić information content (AvgIpc) is 2.54. The van der Waals surface area contributed by atoms with Crippen LogP contribution in [-0.4, -0.2) is 43.6 Å². The van der Waals surface area contributed by atoms with Crippen LogP contribution in [0.1, 0.15) is 25.8 Å². The van der Waals surface area contributed by atoms with E-state index < -0.39 is 33.3 Å². The number of nitrogens with one attached hydrogen (secondary N) is 3. The molecular weight excluding hydrogens is 367 g/mol. The third-order valence-electron chi connectivity index (χ3n) is 3.50. The summed E-state index contributed by atoms with van der Waals surface area (Å²) in [6.07, 6.45) is -0.117. The van der Waals surface area contributed by atoms with Gasteiger partial charge in [0.05, 0.1) is 4.90 Å². The normalized spacial score (nSPS) is 13.2. The molecule has 0 bridgehead atoms. The molecule has 0 unspecified atom stereocenters. The molecule has 7 N–H and O–H groups in total. The zero-order valence-corrected chi connectivity index (χ0v) is 15.6. The first-order valence-electron chi connectivity index (χ1n) is 7.74. The summed E-state index contributed by atoms with van der Waals surface area (Å²) in [4.78, 5) is 23.3. The molecule has 0 aromatic heterocycles. The minimum atomic E-state index is -4.15. The first kappa shape index (κ1) is 22.0.